The molecule has 1 saturated heterocycles. The molecule has 1 aromatic heterocycles. The van der Waals surface area contributed by atoms with Crippen LogP contribution in [0.5, 0.6) is 0 Å². The first-order valence-electron chi connectivity index (χ1n) is 8.33. The monoisotopic (exact) mass is 303 g/mol. The number of hydrogen-bond acceptors (Lipinski definition) is 3. The van der Waals surface area contributed by atoms with Crippen LogP contribution in [0.2, 0.25) is 0 Å². The second-order valence-electron chi connectivity index (χ2n) is 6.74. The summed E-state index contributed by atoms with van der Waals surface area (Å²) < 4.78 is 1.86. The van der Waals surface area contributed by atoms with Crippen molar-refractivity contribution < 1.29 is 4.79 Å². The van der Waals surface area contributed by atoms with E-state index in [9.17, 15) is 9.59 Å². The Morgan fingerprint density at radius 1 is 1.27 bits per heavy atom. The molecule has 0 spiro atoms. The maximum atomic E-state index is 12.8. The van der Waals surface area contributed by atoms with Crippen LogP contribution in [0.25, 0.3) is 0 Å². The molecule has 120 valence electrons. The Labute approximate surface area is 131 Å². The van der Waals surface area contributed by atoms with Crippen LogP contribution >= 0.6 is 0 Å². The predicted octanol–water partition coefficient (Wildman–Crippen LogP) is 1.04. The average Bonchev–Trinajstić information content (AvgIpc) is 2.98. The molecule has 0 unspecified atom stereocenters. The van der Waals surface area contributed by atoms with Gasteiger partial charge in [0, 0.05) is 38.4 Å². The van der Waals surface area contributed by atoms with E-state index in [1.807, 2.05) is 10.6 Å². The van der Waals surface area contributed by atoms with E-state index in [-0.39, 0.29) is 11.5 Å². The number of hydrogen-bond donors (Lipinski definition) is 1. The number of amides is 1. The van der Waals surface area contributed by atoms with Gasteiger partial charge in [-0.15, -0.1) is 0 Å². The summed E-state index contributed by atoms with van der Waals surface area (Å²) in [5.74, 6) is 0.297. The fourth-order valence-corrected chi connectivity index (χ4v) is 3.47. The smallest absolute Gasteiger partial charge is 0.263 e. The molecule has 1 amide bonds. The summed E-state index contributed by atoms with van der Waals surface area (Å²) >= 11 is 0. The molecule has 0 atom stereocenters. The number of rotatable bonds is 3. The van der Waals surface area contributed by atoms with E-state index in [0.29, 0.717) is 31.1 Å². The summed E-state index contributed by atoms with van der Waals surface area (Å²) in [4.78, 5) is 27.4. The van der Waals surface area contributed by atoms with Gasteiger partial charge >= 0.3 is 0 Å². The summed E-state index contributed by atoms with van der Waals surface area (Å²) in [6.07, 6.45) is 3.02. The second kappa shape index (κ2) is 6.24. The molecule has 2 aliphatic rings. The highest BCUT2D eigenvalue weighted by molar-refractivity contribution is 5.94. The van der Waals surface area contributed by atoms with E-state index >= 15 is 0 Å². The van der Waals surface area contributed by atoms with Crippen LogP contribution in [-0.4, -0.2) is 41.6 Å². The Bertz CT molecular complexity index is 628. The van der Waals surface area contributed by atoms with E-state index in [4.69, 9.17) is 0 Å². The molecule has 0 saturated carbocycles. The van der Waals surface area contributed by atoms with E-state index in [2.05, 4.69) is 19.2 Å². The van der Waals surface area contributed by atoms with Gasteiger partial charge in [0.25, 0.3) is 11.5 Å². The van der Waals surface area contributed by atoms with Crippen LogP contribution in [0.3, 0.4) is 0 Å². The molecule has 1 aliphatic carbocycles. The van der Waals surface area contributed by atoms with E-state index < -0.39 is 0 Å². The van der Waals surface area contributed by atoms with Crippen LogP contribution in [0, 0.1) is 5.92 Å². The van der Waals surface area contributed by atoms with Gasteiger partial charge in [0.1, 0.15) is 5.56 Å². The summed E-state index contributed by atoms with van der Waals surface area (Å²) in [6.45, 7) is 7.88. The predicted molar refractivity (Wildman–Crippen MR) is 86.3 cm³/mol. The Hall–Kier alpha value is -1.62. The Morgan fingerprint density at radius 2 is 2.00 bits per heavy atom. The van der Waals surface area contributed by atoms with Crippen LogP contribution < -0.4 is 10.9 Å². The standard InChI is InChI=1S/C17H25N3O2/c1-12(2)11-20-15-5-3-4-13(15)10-14(17(20)22)16(21)19-8-6-18-7-9-19/h10,12,18H,3-9,11H2,1-2H3. The first-order valence-corrected chi connectivity index (χ1v) is 8.33. The van der Waals surface area contributed by atoms with Crippen LogP contribution in [-0.2, 0) is 19.4 Å². The molecule has 2 heterocycles. The zero-order chi connectivity index (χ0) is 15.7. The molecule has 1 N–H and O–H groups in total. The minimum absolute atomic E-state index is 0.0984. The Balaban J connectivity index is 2.01. The molecule has 0 aromatic carbocycles. The summed E-state index contributed by atoms with van der Waals surface area (Å²) in [7, 11) is 0. The largest absolute Gasteiger partial charge is 0.336 e. The highest BCUT2D eigenvalue weighted by Gasteiger charge is 2.26. The molecular weight excluding hydrogens is 278 g/mol. The minimum atomic E-state index is -0.0992. The van der Waals surface area contributed by atoms with E-state index in [1.165, 1.54) is 5.56 Å². The Morgan fingerprint density at radius 3 is 2.68 bits per heavy atom. The number of pyridine rings is 1. The van der Waals surface area contributed by atoms with Crippen LogP contribution in [0.4, 0.5) is 0 Å². The molecule has 5 heteroatoms. The zero-order valence-electron chi connectivity index (χ0n) is 13.5. The number of aryl methyl sites for hydroxylation is 1. The lowest BCUT2D eigenvalue weighted by atomic mass is 10.1. The van der Waals surface area contributed by atoms with Crippen molar-refractivity contribution in [2.45, 2.75) is 39.7 Å². The van der Waals surface area contributed by atoms with Gasteiger partial charge in [0.05, 0.1) is 0 Å². The van der Waals surface area contributed by atoms with Gasteiger partial charge < -0.3 is 14.8 Å². The van der Waals surface area contributed by atoms with Gasteiger partial charge in [-0.25, -0.2) is 0 Å². The Kier molecular flexibility index (Phi) is 4.34. The van der Waals surface area contributed by atoms with Crippen molar-refractivity contribution >= 4 is 5.91 Å². The topological polar surface area (TPSA) is 54.3 Å². The number of carbonyl (C=O) groups is 1. The van der Waals surface area contributed by atoms with Gasteiger partial charge in [0.15, 0.2) is 0 Å². The molecule has 0 bridgehead atoms. The normalized spacial score (nSPS) is 17.9. The van der Waals surface area contributed by atoms with Crippen molar-refractivity contribution in [3.8, 4) is 0 Å². The van der Waals surface area contributed by atoms with Gasteiger partial charge in [-0.2, -0.15) is 0 Å². The first-order chi connectivity index (χ1) is 10.6. The number of aromatic nitrogens is 1. The fourth-order valence-electron chi connectivity index (χ4n) is 3.47. The highest BCUT2D eigenvalue weighted by Crippen LogP contribution is 2.22. The van der Waals surface area contributed by atoms with Crippen LogP contribution in [0.1, 0.15) is 41.9 Å². The minimum Gasteiger partial charge on any atom is -0.336 e. The van der Waals surface area contributed by atoms with E-state index in [1.54, 1.807) is 4.90 Å². The molecule has 22 heavy (non-hydrogen) atoms. The molecular formula is C17H25N3O2. The number of nitrogens with one attached hydrogen (secondary N) is 1. The second-order valence-corrected chi connectivity index (χ2v) is 6.74. The molecule has 5 nitrogen and oxygen atoms in total. The van der Waals surface area contributed by atoms with Crippen LogP contribution in [0.15, 0.2) is 10.9 Å². The third kappa shape index (κ3) is 2.82. The van der Waals surface area contributed by atoms with E-state index in [0.717, 1.165) is 38.0 Å². The number of piperazine rings is 1. The third-order valence-corrected chi connectivity index (χ3v) is 4.53. The highest BCUT2D eigenvalue weighted by atomic mass is 16.2. The average molecular weight is 303 g/mol. The van der Waals surface area contributed by atoms with Crippen molar-refractivity contribution in [1.29, 1.82) is 0 Å². The number of carbonyl (C=O) groups excluding carboxylic acids is 1. The van der Waals surface area contributed by atoms with Crippen molar-refractivity contribution in [1.82, 2.24) is 14.8 Å². The lowest BCUT2D eigenvalue weighted by Gasteiger charge is -2.27. The van der Waals surface area contributed by atoms with Crippen molar-refractivity contribution in [3.05, 3.63) is 33.2 Å². The SMILES string of the molecule is CC(C)Cn1c2c(cc(C(=O)N3CCNCC3)c1=O)CCC2. The quantitative estimate of drug-likeness (QED) is 0.908. The molecule has 0 radical (unpaired) electrons. The molecule has 1 aromatic rings. The van der Waals surface area contributed by atoms with Gasteiger partial charge in [-0.05, 0) is 36.8 Å². The van der Waals surface area contributed by atoms with Gasteiger partial charge in [-0.3, -0.25) is 9.59 Å². The summed E-state index contributed by atoms with van der Waals surface area (Å²) in [6, 6.07) is 1.87. The van der Waals surface area contributed by atoms with Gasteiger partial charge in [0.2, 0.25) is 0 Å². The lowest BCUT2D eigenvalue weighted by molar-refractivity contribution is 0.0733. The fraction of sp³-hybridized carbons (Fsp3) is 0.647. The maximum absolute atomic E-state index is 12.8. The molecule has 3 rings (SSSR count). The summed E-state index contributed by atoms with van der Waals surface area (Å²) in [5, 5.41) is 3.24. The molecule has 1 fully saturated rings. The maximum Gasteiger partial charge on any atom is 0.263 e. The number of nitrogens with zero attached hydrogens (tertiary/aromatic N) is 2. The lowest BCUT2D eigenvalue weighted by Crippen LogP contribution is -2.48. The van der Waals surface area contributed by atoms with Crippen molar-refractivity contribution in [3.63, 3.8) is 0 Å². The summed E-state index contributed by atoms with van der Waals surface area (Å²) in [5.41, 5.74) is 2.61. The first kappa shape index (κ1) is 15.3. The molecule has 1 aliphatic heterocycles. The zero-order valence-corrected chi connectivity index (χ0v) is 13.5. The third-order valence-electron chi connectivity index (χ3n) is 4.53. The van der Waals surface area contributed by atoms with Crippen molar-refractivity contribution in [2.75, 3.05) is 26.2 Å². The van der Waals surface area contributed by atoms with Gasteiger partial charge in [-0.1, -0.05) is 13.8 Å². The van der Waals surface area contributed by atoms with Crippen molar-refractivity contribution in [2.24, 2.45) is 5.92 Å². The number of fused-ring (bicyclic) bond motifs is 1.